The molecule has 1 rings (SSSR count). The van der Waals surface area contributed by atoms with Crippen molar-refractivity contribution in [3.8, 4) is 0 Å². The topological polar surface area (TPSA) is 32.8 Å². The molecule has 1 fully saturated rings. The zero-order valence-corrected chi connectivity index (χ0v) is 8.91. The van der Waals surface area contributed by atoms with Crippen LogP contribution in [-0.4, -0.2) is 37.1 Å². The van der Waals surface area contributed by atoms with Crippen molar-refractivity contribution in [3.63, 3.8) is 0 Å². The molecule has 3 nitrogen and oxygen atoms in total. The van der Waals surface area contributed by atoms with E-state index in [1.807, 2.05) is 6.92 Å². The molecule has 3 atom stereocenters. The Morgan fingerprint density at radius 3 is 2.46 bits per heavy atom. The number of rotatable bonds is 4. The molecule has 0 bridgehead atoms. The highest BCUT2D eigenvalue weighted by atomic mass is 16.6. The Balaban J connectivity index is 2.17. The molecule has 76 valence electrons. The fraction of sp³-hybridized carbons (Fsp3) is 0.900. The van der Waals surface area contributed by atoms with Crippen molar-refractivity contribution in [2.24, 2.45) is 5.92 Å². The average molecular weight is 185 g/mol. The van der Waals surface area contributed by atoms with Crippen LogP contribution in [0.1, 0.15) is 26.7 Å². The van der Waals surface area contributed by atoms with E-state index in [2.05, 4.69) is 6.92 Å². The van der Waals surface area contributed by atoms with Crippen molar-refractivity contribution < 1.29 is 9.53 Å². The molecule has 0 spiro atoms. The van der Waals surface area contributed by atoms with E-state index in [1.54, 1.807) is 19.0 Å². The summed E-state index contributed by atoms with van der Waals surface area (Å²) in [6, 6.07) is 0. The highest BCUT2D eigenvalue weighted by molar-refractivity contribution is 5.77. The Labute approximate surface area is 80.1 Å². The van der Waals surface area contributed by atoms with Gasteiger partial charge in [-0.25, -0.2) is 0 Å². The SMILES string of the molecule is CC1O[C@@H]1CC[C@@H](C)C(=O)N(C)C. The summed E-state index contributed by atoms with van der Waals surface area (Å²) in [6.45, 7) is 4.05. The molecule has 1 amide bonds. The lowest BCUT2D eigenvalue weighted by Crippen LogP contribution is -2.28. The lowest BCUT2D eigenvalue weighted by atomic mass is 10.0. The van der Waals surface area contributed by atoms with E-state index in [4.69, 9.17) is 4.74 Å². The summed E-state index contributed by atoms with van der Waals surface area (Å²) in [7, 11) is 3.60. The van der Waals surface area contributed by atoms with E-state index >= 15 is 0 Å². The van der Waals surface area contributed by atoms with Crippen molar-refractivity contribution in [1.82, 2.24) is 4.90 Å². The van der Waals surface area contributed by atoms with Crippen LogP contribution in [0.25, 0.3) is 0 Å². The van der Waals surface area contributed by atoms with Gasteiger partial charge in [0.1, 0.15) is 0 Å². The summed E-state index contributed by atoms with van der Waals surface area (Å²) in [6.07, 6.45) is 2.78. The second-order valence-electron chi connectivity index (χ2n) is 4.09. The molecule has 1 aliphatic heterocycles. The van der Waals surface area contributed by atoms with Crippen LogP contribution in [0.3, 0.4) is 0 Å². The molecule has 3 heteroatoms. The number of hydrogen-bond acceptors (Lipinski definition) is 2. The predicted molar refractivity (Wildman–Crippen MR) is 51.4 cm³/mol. The molecule has 0 aromatic carbocycles. The van der Waals surface area contributed by atoms with Crippen LogP contribution in [0.15, 0.2) is 0 Å². The van der Waals surface area contributed by atoms with Crippen molar-refractivity contribution in [1.29, 1.82) is 0 Å². The normalized spacial score (nSPS) is 28.3. The Kier molecular flexibility index (Phi) is 3.31. The number of hydrogen-bond donors (Lipinski definition) is 0. The number of carbonyl (C=O) groups excluding carboxylic acids is 1. The van der Waals surface area contributed by atoms with Crippen LogP contribution in [0.2, 0.25) is 0 Å². The number of amides is 1. The Morgan fingerprint density at radius 2 is 2.08 bits per heavy atom. The van der Waals surface area contributed by atoms with Gasteiger partial charge >= 0.3 is 0 Å². The van der Waals surface area contributed by atoms with Gasteiger partial charge in [0, 0.05) is 20.0 Å². The van der Waals surface area contributed by atoms with Gasteiger partial charge < -0.3 is 9.64 Å². The maximum atomic E-state index is 11.4. The Hall–Kier alpha value is -0.570. The fourth-order valence-electron chi connectivity index (χ4n) is 1.51. The molecular formula is C10H19NO2. The molecular weight excluding hydrogens is 166 g/mol. The van der Waals surface area contributed by atoms with Gasteiger partial charge in [0.15, 0.2) is 0 Å². The van der Waals surface area contributed by atoms with Gasteiger partial charge in [-0.3, -0.25) is 4.79 Å². The number of carbonyl (C=O) groups is 1. The summed E-state index contributed by atoms with van der Waals surface area (Å²) in [5.41, 5.74) is 0. The van der Waals surface area contributed by atoms with E-state index in [9.17, 15) is 4.79 Å². The van der Waals surface area contributed by atoms with E-state index in [-0.39, 0.29) is 11.8 Å². The van der Waals surface area contributed by atoms with Crippen LogP contribution in [0.4, 0.5) is 0 Å². The fourth-order valence-corrected chi connectivity index (χ4v) is 1.51. The van der Waals surface area contributed by atoms with Gasteiger partial charge in [0.25, 0.3) is 0 Å². The van der Waals surface area contributed by atoms with Crippen LogP contribution in [0.5, 0.6) is 0 Å². The number of nitrogens with zero attached hydrogens (tertiary/aromatic N) is 1. The zero-order valence-electron chi connectivity index (χ0n) is 8.91. The molecule has 1 saturated heterocycles. The standard InChI is InChI=1S/C10H19NO2/c1-7(10(12)11(3)4)5-6-9-8(2)13-9/h7-9H,5-6H2,1-4H3/t7-,8?,9-/m1/s1. The molecule has 0 aromatic heterocycles. The molecule has 1 unspecified atom stereocenters. The first kappa shape index (κ1) is 10.5. The van der Waals surface area contributed by atoms with Crippen molar-refractivity contribution >= 4 is 5.91 Å². The van der Waals surface area contributed by atoms with E-state index < -0.39 is 0 Å². The molecule has 0 aliphatic carbocycles. The van der Waals surface area contributed by atoms with E-state index in [0.717, 1.165) is 12.8 Å². The van der Waals surface area contributed by atoms with E-state index in [0.29, 0.717) is 12.2 Å². The minimum Gasteiger partial charge on any atom is -0.370 e. The summed E-state index contributed by atoms with van der Waals surface area (Å²) in [5.74, 6) is 0.347. The minimum atomic E-state index is 0.131. The van der Waals surface area contributed by atoms with Gasteiger partial charge in [-0.2, -0.15) is 0 Å². The summed E-state index contributed by atoms with van der Waals surface area (Å²) >= 11 is 0. The summed E-state index contributed by atoms with van der Waals surface area (Å²) in [5, 5.41) is 0. The van der Waals surface area contributed by atoms with Gasteiger partial charge in [-0.05, 0) is 19.8 Å². The van der Waals surface area contributed by atoms with Crippen molar-refractivity contribution in [2.45, 2.75) is 38.9 Å². The van der Waals surface area contributed by atoms with Crippen molar-refractivity contribution in [2.75, 3.05) is 14.1 Å². The monoisotopic (exact) mass is 185 g/mol. The first-order chi connectivity index (χ1) is 6.02. The van der Waals surface area contributed by atoms with Crippen LogP contribution in [-0.2, 0) is 9.53 Å². The third-order valence-corrected chi connectivity index (χ3v) is 2.58. The Bertz CT molecular complexity index is 191. The van der Waals surface area contributed by atoms with Gasteiger partial charge in [-0.15, -0.1) is 0 Å². The second-order valence-corrected chi connectivity index (χ2v) is 4.09. The largest absolute Gasteiger partial charge is 0.370 e. The maximum absolute atomic E-state index is 11.4. The summed E-state index contributed by atoms with van der Waals surface area (Å²) in [4.78, 5) is 13.1. The molecule has 1 aliphatic rings. The lowest BCUT2D eigenvalue weighted by Gasteiger charge is -2.15. The Morgan fingerprint density at radius 1 is 1.54 bits per heavy atom. The molecule has 13 heavy (non-hydrogen) atoms. The van der Waals surface area contributed by atoms with Gasteiger partial charge in [0.2, 0.25) is 5.91 Å². The van der Waals surface area contributed by atoms with Crippen molar-refractivity contribution in [3.05, 3.63) is 0 Å². The predicted octanol–water partition coefficient (Wildman–Crippen LogP) is 1.28. The molecule has 0 saturated carbocycles. The average Bonchev–Trinajstić information content (AvgIpc) is 2.76. The number of ether oxygens (including phenoxy) is 1. The maximum Gasteiger partial charge on any atom is 0.224 e. The highest BCUT2D eigenvalue weighted by Crippen LogP contribution is 2.27. The van der Waals surface area contributed by atoms with Crippen LogP contribution in [0, 0.1) is 5.92 Å². The highest BCUT2D eigenvalue weighted by Gasteiger charge is 2.34. The quantitative estimate of drug-likeness (QED) is 0.618. The third-order valence-electron chi connectivity index (χ3n) is 2.58. The van der Waals surface area contributed by atoms with Gasteiger partial charge in [-0.1, -0.05) is 6.92 Å². The van der Waals surface area contributed by atoms with Crippen LogP contribution < -0.4 is 0 Å². The first-order valence-electron chi connectivity index (χ1n) is 4.89. The first-order valence-corrected chi connectivity index (χ1v) is 4.89. The summed E-state index contributed by atoms with van der Waals surface area (Å²) < 4.78 is 5.28. The minimum absolute atomic E-state index is 0.131. The third kappa shape index (κ3) is 2.99. The molecule has 0 radical (unpaired) electrons. The van der Waals surface area contributed by atoms with Gasteiger partial charge in [0.05, 0.1) is 12.2 Å². The second kappa shape index (κ2) is 4.09. The molecule has 0 N–H and O–H groups in total. The van der Waals surface area contributed by atoms with E-state index in [1.165, 1.54) is 0 Å². The van der Waals surface area contributed by atoms with Crippen LogP contribution >= 0.6 is 0 Å². The number of epoxide rings is 1. The zero-order chi connectivity index (χ0) is 10.0. The smallest absolute Gasteiger partial charge is 0.224 e. The lowest BCUT2D eigenvalue weighted by molar-refractivity contribution is -0.132. The molecule has 0 aromatic rings. The molecule has 1 heterocycles.